The van der Waals surface area contributed by atoms with Gasteiger partial charge in [-0.05, 0) is 12.5 Å². The van der Waals surface area contributed by atoms with Gasteiger partial charge in [-0.1, -0.05) is 20.8 Å². The van der Waals surface area contributed by atoms with Gasteiger partial charge < -0.3 is 4.90 Å². The van der Waals surface area contributed by atoms with Crippen LogP contribution in [0, 0.1) is 17.2 Å². The fourth-order valence-corrected chi connectivity index (χ4v) is 1.19. The number of nitrogens with zero attached hydrogens (tertiary/aromatic N) is 2. The number of hydrogen-bond donors (Lipinski definition) is 0. The van der Waals surface area contributed by atoms with Crippen LogP contribution in [0.1, 0.15) is 27.2 Å². The molecule has 0 atom stereocenters. The summed E-state index contributed by atoms with van der Waals surface area (Å²) in [5, 5.41) is 8.29. The van der Waals surface area contributed by atoms with Crippen LogP contribution in [0.25, 0.3) is 0 Å². The minimum absolute atomic E-state index is 0.676. The smallest absolute Gasteiger partial charge is 0.0625 e. The standard InChI is InChI=1S/C7H12N2.C2H6/c1-2-9-5-7(6-9)3-4-8;1-2/h7H,2-3,5-6H2,1H3;1-2H3. The molecule has 1 heterocycles. The molecule has 0 spiro atoms. The maximum atomic E-state index is 8.29. The van der Waals surface area contributed by atoms with Crippen LogP contribution in [0.3, 0.4) is 0 Å². The van der Waals surface area contributed by atoms with Gasteiger partial charge in [-0.15, -0.1) is 0 Å². The number of rotatable bonds is 2. The Morgan fingerprint density at radius 1 is 1.45 bits per heavy atom. The molecule has 11 heavy (non-hydrogen) atoms. The van der Waals surface area contributed by atoms with E-state index in [1.54, 1.807) is 0 Å². The number of hydrogen-bond acceptors (Lipinski definition) is 2. The Bertz CT molecular complexity index is 120. The van der Waals surface area contributed by atoms with Gasteiger partial charge in [0.1, 0.15) is 0 Å². The van der Waals surface area contributed by atoms with E-state index in [0.717, 1.165) is 26.1 Å². The van der Waals surface area contributed by atoms with Crippen molar-refractivity contribution in [1.82, 2.24) is 4.90 Å². The highest BCUT2D eigenvalue weighted by Crippen LogP contribution is 2.16. The van der Waals surface area contributed by atoms with Gasteiger partial charge in [0.25, 0.3) is 0 Å². The third-order valence-electron chi connectivity index (χ3n) is 1.86. The summed E-state index contributed by atoms with van der Waals surface area (Å²) in [4.78, 5) is 2.35. The third-order valence-corrected chi connectivity index (χ3v) is 1.86. The molecular formula is C9H18N2. The van der Waals surface area contributed by atoms with Crippen LogP contribution in [0.15, 0.2) is 0 Å². The van der Waals surface area contributed by atoms with Crippen molar-refractivity contribution in [3.8, 4) is 6.07 Å². The summed E-state index contributed by atoms with van der Waals surface area (Å²) < 4.78 is 0. The lowest BCUT2D eigenvalue weighted by Crippen LogP contribution is -2.45. The Kier molecular flexibility index (Phi) is 5.87. The van der Waals surface area contributed by atoms with E-state index in [1.807, 2.05) is 13.8 Å². The lowest BCUT2D eigenvalue weighted by molar-refractivity contribution is 0.111. The maximum Gasteiger partial charge on any atom is 0.0625 e. The quantitative estimate of drug-likeness (QED) is 0.607. The van der Waals surface area contributed by atoms with E-state index in [9.17, 15) is 0 Å². The largest absolute Gasteiger partial charge is 0.303 e. The van der Waals surface area contributed by atoms with Gasteiger partial charge in [0.2, 0.25) is 0 Å². The SMILES string of the molecule is CC.CCN1CC(CC#N)C1. The Morgan fingerprint density at radius 3 is 2.36 bits per heavy atom. The topological polar surface area (TPSA) is 27.0 Å². The van der Waals surface area contributed by atoms with Gasteiger partial charge in [-0.2, -0.15) is 5.26 Å². The lowest BCUT2D eigenvalue weighted by atomic mass is 9.97. The fourth-order valence-electron chi connectivity index (χ4n) is 1.19. The highest BCUT2D eigenvalue weighted by atomic mass is 15.2. The lowest BCUT2D eigenvalue weighted by Gasteiger charge is -2.37. The van der Waals surface area contributed by atoms with Crippen molar-refractivity contribution >= 4 is 0 Å². The van der Waals surface area contributed by atoms with Crippen molar-refractivity contribution in [2.75, 3.05) is 19.6 Å². The molecule has 1 saturated heterocycles. The molecule has 0 aromatic heterocycles. The summed E-state index contributed by atoms with van der Waals surface area (Å²) in [7, 11) is 0. The van der Waals surface area contributed by atoms with Crippen LogP contribution in [-0.2, 0) is 0 Å². The molecule has 0 bridgehead atoms. The first kappa shape index (κ1) is 10.4. The molecule has 0 aromatic carbocycles. The van der Waals surface area contributed by atoms with Crippen LogP contribution in [0.4, 0.5) is 0 Å². The second-order valence-electron chi connectivity index (χ2n) is 2.58. The van der Waals surface area contributed by atoms with E-state index >= 15 is 0 Å². The molecule has 1 rings (SSSR count). The fraction of sp³-hybridized carbons (Fsp3) is 0.889. The average molecular weight is 154 g/mol. The molecule has 1 aliphatic rings. The van der Waals surface area contributed by atoms with E-state index in [0.29, 0.717) is 5.92 Å². The maximum absolute atomic E-state index is 8.29. The predicted molar refractivity (Wildman–Crippen MR) is 47.2 cm³/mol. The normalized spacial score (nSPS) is 17.6. The summed E-state index contributed by atoms with van der Waals surface area (Å²) in [5.74, 6) is 0.676. The van der Waals surface area contributed by atoms with Crippen LogP contribution in [-0.4, -0.2) is 24.5 Å². The Morgan fingerprint density at radius 2 is 2.00 bits per heavy atom. The van der Waals surface area contributed by atoms with E-state index in [1.165, 1.54) is 0 Å². The molecule has 0 unspecified atom stereocenters. The molecular weight excluding hydrogens is 136 g/mol. The molecule has 0 aliphatic carbocycles. The number of nitriles is 1. The first-order chi connectivity index (χ1) is 5.36. The van der Waals surface area contributed by atoms with E-state index in [2.05, 4.69) is 17.9 Å². The highest BCUT2D eigenvalue weighted by Gasteiger charge is 2.23. The molecule has 1 aliphatic heterocycles. The summed E-state index contributed by atoms with van der Waals surface area (Å²) in [6.07, 6.45) is 0.747. The molecule has 0 N–H and O–H groups in total. The molecule has 2 nitrogen and oxygen atoms in total. The highest BCUT2D eigenvalue weighted by molar-refractivity contribution is 4.86. The summed E-state index contributed by atoms with van der Waals surface area (Å²) in [6.45, 7) is 9.58. The van der Waals surface area contributed by atoms with Gasteiger partial charge in [0.05, 0.1) is 6.07 Å². The van der Waals surface area contributed by atoms with Crippen molar-refractivity contribution in [2.45, 2.75) is 27.2 Å². The van der Waals surface area contributed by atoms with Gasteiger partial charge in [0, 0.05) is 19.5 Å². The van der Waals surface area contributed by atoms with Crippen LogP contribution >= 0.6 is 0 Å². The monoisotopic (exact) mass is 154 g/mol. The minimum Gasteiger partial charge on any atom is -0.303 e. The van der Waals surface area contributed by atoms with Crippen LogP contribution in [0.5, 0.6) is 0 Å². The molecule has 0 radical (unpaired) electrons. The van der Waals surface area contributed by atoms with Gasteiger partial charge in [-0.3, -0.25) is 0 Å². The van der Waals surface area contributed by atoms with Crippen molar-refractivity contribution in [1.29, 1.82) is 5.26 Å². The van der Waals surface area contributed by atoms with Gasteiger partial charge >= 0.3 is 0 Å². The Balaban J connectivity index is 0.000000461. The zero-order valence-electron chi connectivity index (χ0n) is 7.80. The zero-order chi connectivity index (χ0) is 8.69. The Labute approximate surface area is 69.8 Å². The minimum atomic E-state index is 0.676. The Hall–Kier alpha value is -0.550. The van der Waals surface area contributed by atoms with E-state index in [4.69, 9.17) is 5.26 Å². The summed E-state index contributed by atoms with van der Waals surface area (Å²) in [6, 6.07) is 2.19. The molecule has 0 amide bonds. The van der Waals surface area contributed by atoms with Crippen molar-refractivity contribution in [3.05, 3.63) is 0 Å². The summed E-state index contributed by atoms with van der Waals surface area (Å²) in [5.41, 5.74) is 0. The molecule has 64 valence electrons. The van der Waals surface area contributed by atoms with Gasteiger partial charge in [-0.25, -0.2) is 0 Å². The van der Waals surface area contributed by atoms with Crippen LogP contribution < -0.4 is 0 Å². The van der Waals surface area contributed by atoms with Gasteiger partial charge in [0.15, 0.2) is 0 Å². The third kappa shape index (κ3) is 3.38. The summed E-state index contributed by atoms with van der Waals surface area (Å²) >= 11 is 0. The second kappa shape index (κ2) is 6.18. The first-order valence-corrected chi connectivity index (χ1v) is 4.46. The van der Waals surface area contributed by atoms with Crippen molar-refractivity contribution in [2.24, 2.45) is 5.92 Å². The molecule has 0 saturated carbocycles. The molecule has 0 aromatic rings. The van der Waals surface area contributed by atoms with Crippen molar-refractivity contribution in [3.63, 3.8) is 0 Å². The molecule has 1 fully saturated rings. The van der Waals surface area contributed by atoms with Crippen molar-refractivity contribution < 1.29 is 0 Å². The van der Waals surface area contributed by atoms with E-state index in [-0.39, 0.29) is 0 Å². The predicted octanol–water partition coefficient (Wildman–Crippen LogP) is 1.88. The average Bonchev–Trinajstić information content (AvgIpc) is 2.00. The molecule has 2 heteroatoms. The first-order valence-electron chi connectivity index (χ1n) is 4.46. The van der Waals surface area contributed by atoms with E-state index < -0.39 is 0 Å². The zero-order valence-corrected chi connectivity index (χ0v) is 7.80. The number of likely N-dealkylation sites (tertiary alicyclic amines) is 1. The van der Waals surface area contributed by atoms with Crippen LogP contribution in [0.2, 0.25) is 0 Å². The second-order valence-corrected chi connectivity index (χ2v) is 2.58.